The van der Waals surface area contributed by atoms with Crippen LogP contribution in [-0.2, 0) is 6.42 Å². The van der Waals surface area contributed by atoms with Crippen molar-refractivity contribution in [3.63, 3.8) is 0 Å². The lowest BCUT2D eigenvalue weighted by atomic mass is 9.77. The Morgan fingerprint density at radius 2 is 1.46 bits per heavy atom. The number of rotatable bonds is 8. The molecule has 1 nitrogen and oxygen atoms in total. The first-order chi connectivity index (χ1) is 17.6. The summed E-state index contributed by atoms with van der Waals surface area (Å²) in [5.74, 6) is -5.56. The number of allylic oxidation sites excluding steroid dienone is 1. The molecule has 0 N–H and O–H groups in total. The van der Waals surface area contributed by atoms with E-state index in [1.165, 1.54) is 44.9 Å². The molecule has 8 heteroatoms. The van der Waals surface area contributed by atoms with Crippen molar-refractivity contribution >= 4 is 6.08 Å². The van der Waals surface area contributed by atoms with E-state index < -0.39 is 46.5 Å². The lowest BCUT2D eigenvalue weighted by Crippen LogP contribution is -2.19. The number of fused-ring (bicyclic) bond motifs is 1. The highest BCUT2D eigenvalue weighted by molar-refractivity contribution is 5.72. The highest BCUT2D eigenvalue weighted by Gasteiger charge is 2.34. The summed E-state index contributed by atoms with van der Waals surface area (Å²) in [7, 11) is 0. The van der Waals surface area contributed by atoms with Gasteiger partial charge in [-0.3, -0.25) is 0 Å². The summed E-state index contributed by atoms with van der Waals surface area (Å²) >= 11 is 0. The summed E-state index contributed by atoms with van der Waals surface area (Å²) in [6.07, 6.45) is 8.14. The van der Waals surface area contributed by atoms with Gasteiger partial charge in [0, 0.05) is 0 Å². The maximum atomic E-state index is 15.3. The van der Waals surface area contributed by atoms with E-state index in [2.05, 4.69) is 11.7 Å². The monoisotopic (exact) mass is 528 g/mol. The van der Waals surface area contributed by atoms with Gasteiger partial charge >= 0.3 is 6.36 Å². The van der Waals surface area contributed by atoms with Crippen LogP contribution in [0.25, 0.3) is 17.2 Å². The third kappa shape index (κ3) is 6.68. The summed E-state index contributed by atoms with van der Waals surface area (Å²) in [6.45, 7) is 2.22. The predicted octanol–water partition coefficient (Wildman–Crippen LogP) is 9.91. The number of halogens is 7. The Kier molecular flexibility index (Phi) is 8.54. The fraction of sp³-hybridized carbons (Fsp3) is 0.517. The predicted molar refractivity (Wildman–Crippen MR) is 129 cm³/mol. The largest absolute Gasteiger partial charge is 0.573 e. The third-order valence-corrected chi connectivity index (χ3v) is 7.72. The molecule has 0 bridgehead atoms. The molecule has 0 aromatic heterocycles. The van der Waals surface area contributed by atoms with Gasteiger partial charge in [-0.1, -0.05) is 63.5 Å². The average molecular weight is 529 g/mol. The van der Waals surface area contributed by atoms with Crippen molar-refractivity contribution in [3.05, 3.63) is 58.2 Å². The minimum absolute atomic E-state index is 0.230. The molecule has 0 heterocycles. The normalized spacial score (nSPS) is 19.9. The number of benzene rings is 2. The molecule has 1 fully saturated rings. The second-order valence-corrected chi connectivity index (χ2v) is 10.3. The zero-order valence-corrected chi connectivity index (χ0v) is 20.8. The maximum absolute atomic E-state index is 15.3. The van der Waals surface area contributed by atoms with Crippen LogP contribution < -0.4 is 4.74 Å². The van der Waals surface area contributed by atoms with Gasteiger partial charge in [0.2, 0.25) is 5.75 Å². The van der Waals surface area contributed by atoms with Gasteiger partial charge in [0.05, 0.1) is 5.56 Å². The molecule has 0 amide bonds. The van der Waals surface area contributed by atoms with Gasteiger partial charge in [0.15, 0.2) is 11.6 Å². The molecule has 0 unspecified atom stereocenters. The Labute approximate surface area is 212 Å². The van der Waals surface area contributed by atoms with Crippen LogP contribution in [-0.4, -0.2) is 6.36 Å². The summed E-state index contributed by atoms with van der Waals surface area (Å²) in [5.41, 5.74) is 0.533. The molecule has 4 rings (SSSR count). The first-order valence-corrected chi connectivity index (χ1v) is 13.0. The van der Waals surface area contributed by atoms with Crippen molar-refractivity contribution in [2.24, 2.45) is 11.8 Å². The van der Waals surface area contributed by atoms with Crippen molar-refractivity contribution < 1.29 is 35.5 Å². The average Bonchev–Trinajstić information content (AvgIpc) is 2.83. The van der Waals surface area contributed by atoms with Crippen LogP contribution in [0.4, 0.5) is 30.7 Å². The maximum Gasteiger partial charge on any atom is 0.573 e. The zero-order valence-electron chi connectivity index (χ0n) is 20.8. The van der Waals surface area contributed by atoms with Gasteiger partial charge in [-0.25, -0.2) is 17.6 Å². The highest BCUT2D eigenvalue weighted by Crippen LogP contribution is 2.40. The Balaban J connectivity index is 1.48. The van der Waals surface area contributed by atoms with Crippen LogP contribution in [0, 0.1) is 35.1 Å². The van der Waals surface area contributed by atoms with Crippen LogP contribution in [0.2, 0.25) is 0 Å². The molecule has 0 radical (unpaired) electrons. The molecular weight excluding hydrogens is 497 g/mol. The summed E-state index contributed by atoms with van der Waals surface area (Å²) in [4.78, 5) is 0. The minimum Gasteiger partial charge on any atom is -0.399 e. The first kappa shape index (κ1) is 27.5. The van der Waals surface area contributed by atoms with Crippen LogP contribution in [0.5, 0.6) is 5.75 Å². The first-order valence-electron chi connectivity index (χ1n) is 13.0. The molecular formula is C29H31F7O. The Hall–Kier alpha value is -2.51. The molecule has 2 aliphatic carbocycles. The van der Waals surface area contributed by atoms with E-state index in [1.54, 1.807) is 6.08 Å². The van der Waals surface area contributed by atoms with Crippen molar-refractivity contribution in [1.82, 2.24) is 0 Å². The molecule has 0 atom stereocenters. The number of hydrogen-bond acceptors (Lipinski definition) is 1. The Morgan fingerprint density at radius 3 is 2.05 bits per heavy atom. The fourth-order valence-corrected chi connectivity index (χ4v) is 5.71. The quantitative estimate of drug-likeness (QED) is 0.310. The van der Waals surface area contributed by atoms with E-state index in [9.17, 15) is 26.3 Å². The lowest BCUT2D eigenvalue weighted by molar-refractivity contribution is -0.276. The lowest BCUT2D eigenvalue weighted by Gasteiger charge is -2.29. The number of unbranched alkanes of at least 4 members (excludes halogenated alkanes) is 1. The molecule has 0 spiro atoms. The van der Waals surface area contributed by atoms with Gasteiger partial charge in [-0.05, 0) is 72.4 Å². The van der Waals surface area contributed by atoms with Crippen LogP contribution in [0.15, 0.2) is 23.8 Å². The fourth-order valence-electron chi connectivity index (χ4n) is 5.71. The minimum atomic E-state index is -5.32. The van der Waals surface area contributed by atoms with Crippen LogP contribution in [0.3, 0.4) is 0 Å². The van der Waals surface area contributed by atoms with Gasteiger partial charge in [0.1, 0.15) is 11.6 Å². The van der Waals surface area contributed by atoms with Gasteiger partial charge in [0.25, 0.3) is 0 Å². The number of hydrogen-bond donors (Lipinski definition) is 0. The molecule has 0 aliphatic heterocycles. The van der Waals surface area contributed by atoms with Crippen LogP contribution >= 0.6 is 0 Å². The molecule has 1 saturated carbocycles. The van der Waals surface area contributed by atoms with E-state index in [4.69, 9.17) is 0 Å². The van der Waals surface area contributed by atoms with Crippen LogP contribution in [0.1, 0.15) is 82.3 Å². The number of ether oxygens (including phenoxy) is 1. The standard InChI is InChI=1S/C29H31F7O/c1-2-3-4-17-5-7-18(8-6-17)9-10-19-11-12-22-20(13-19)14-23(30)26(27(22)33)21-15-24(31)28(25(32)16-21)37-29(34,35)36/h13-18H,2-12H2,1H3. The van der Waals surface area contributed by atoms with E-state index in [0.29, 0.717) is 36.5 Å². The third-order valence-electron chi connectivity index (χ3n) is 7.72. The van der Waals surface area contributed by atoms with E-state index in [0.717, 1.165) is 30.4 Å². The molecule has 2 aliphatic rings. The summed E-state index contributed by atoms with van der Waals surface area (Å²) < 4.78 is 99.2. The van der Waals surface area contributed by atoms with Gasteiger partial charge < -0.3 is 4.74 Å². The van der Waals surface area contributed by atoms with E-state index in [-0.39, 0.29) is 5.56 Å². The Morgan fingerprint density at radius 1 is 0.838 bits per heavy atom. The van der Waals surface area contributed by atoms with E-state index in [1.807, 2.05) is 0 Å². The number of alkyl halides is 3. The zero-order chi connectivity index (χ0) is 26.7. The van der Waals surface area contributed by atoms with Gasteiger partial charge in [-0.15, -0.1) is 13.2 Å². The van der Waals surface area contributed by atoms with Crippen molar-refractivity contribution in [3.8, 4) is 16.9 Å². The van der Waals surface area contributed by atoms with Crippen molar-refractivity contribution in [1.29, 1.82) is 0 Å². The summed E-state index contributed by atoms with van der Waals surface area (Å²) in [6, 6.07) is 2.01. The summed E-state index contributed by atoms with van der Waals surface area (Å²) in [5, 5.41) is 0. The molecule has 0 saturated heterocycles. The molecule has 202 valence electrons. The topological polar surface area (TPSA) is 9.23 Å². The highest BCUT2D eigenvalue weighted by atomic mass is 19.4. The second kappa shape index (κ2) is 11.5. The Bertz CT molecular complexity index is 1120. The van der Waals surface area contributed by atoms with Crippen molar-refractivity contribution in [2.45, 2.75) is 83.9 Å². The molecule has 2 aromatic carbocycles. The molecule has 2 aromatic rings. The SMILES string of the molecule is CCCCC1CCC(CCC2=Cc3cc(F)c(-c4cc(F)c(OC(F)(F)F)c(F)c4)c(F)c3CC2)CC1. The smallest absolute Gasteiger partial charge is 0.399 e. The van der Waals surface area contributed by atoms with E-state index >= 15 is 4.39 Å². The molecule has 37 heavy (non-hydrogen) atoms. The van der Waals surface area contributed by atoms with Crippen molar-refractivity contribution in [2.75, 3.05) is 0 Å². The van der Waals surface area contributed by atoms with Gasteiger partial charge in [-0.2, -0.15) is 0 Å². The second-order valence-electron chi connectivity index (χ2n) is 10.3.